The Hall–Kier alpha value is -2.37. The number of para-hydroxylation sites is 2. The molecular formula is C18H12BiClN2O4. The van der Waals surface area contributed by atoms with Crippen LogP contribution in [0.5, 0.6) is 0 Å². The van der Waals surface area contributed by atoms with Gasteiger partial charge in [-0.25, -0.2) is 0 Å². The van der Waals surface area contributed by atoms with Crippen molar-refractivity contribution in [2.45, 2.75) is 0 Å². The number of hydrogen-bond acceptors (Lipinski definition) is 4. The average Bonchev–Trinajstić information content (AvgIpc) is 2.64. The summed E-state index contributed by atoms with van der Waals surface area (Å²) in [5.74, 6) is 0. The van der Waals surface area contributed by atoms with Crippen LogP contribution in [0.1, 0.15) is 0 Å². The molecule has 26 heavy (non-hydrogen) atoms. The number of benzene rings is 3. The Morgan fingerprint density at radius 1 is 0.692 bits per heavy atom. The van der Waals surface area contributed by atoms with Crippen molar-refractivity contribution in [2.24, 2.45) is 0 Å². The van der Waals surface area contributed by atoms with Gasteiger partial charge >= 0.3 is 162 Å². The average molecular weight is 565 g/mol. The fourth-order valence-corrected chi connectivity index (χ4v) is 12.5. The topological polar surface area (TPSA) is 86.3 Å². The van der Waals surface area contributed by atoms with Gasteiger partial charge < -0.3 is 0 Å². The molecule has 0 unspecified atom stereocenters. The van der Waals surface area contributed by atoms with Gasteiger partial charge in [0, 0.05) is 0 Å². The van der Waals surface area contributed by atoms with Crippen LogP contribution >= 0.6 is 11.6 Å². The van der Waals surface area contributed by atoms with Crippen molar-refractivity contribution in [3.05, 3.63) is 98.0 Å². The Balaban J connectivity index is 2.30. The van der Waals surface area contributed by atoms with Crippen LogP contribution in [0.15, 0.2) is 72.8 Å². The van der Waals surface area contributed by atoms with E-state index in [-0.39, 0.29) is 11.4 Å². The minimum atomic E-state index is -3.30. The van der Waals surface area contributed by atoms with Gasteiger partial charge in [-0.1, -0.05) is 0 Å². The van der Waals surface area contributed by atoms with E-state index >= 15 is 0 Å². The van der Waals surface area contributed by atoms with E-state index in [9.17, 15) is 20.2 Å². The third kappa shape index (κ3) is 3.74. The van der Waals surface area contributed by atoms with E-state index < -0.39 is 31.6 Å². The maximum atomic E-state index is 11.5. The molecule has 0 aliphatic heterocycles. The third-order valence-electron chi connectivity index (χ3n) is 3.72. The van der Waals surface area contributed by atoms with Crippen LogP contribution in [0.3, 0.4) is 0 Å². The molecule has 0 aromatic heterocycles. The van der Waals surface area contributed by atoms with E-state index in [1.807, 2.05) is 12.1 Å². The first-order valence-corrected chi connectivity index (χ1v) is 13.1. The van der Waals surface area contributed by atoms with Crippen LogP contribution in [0.4, 0.5) is 11.4 Å². The molecule has 0 aliphatic carbocycles. The van der Waals surface area contributed by atoms with Gasteiger partial charge in [0.15, 0.2) is 0 Å². The number of nitro benzene ring substituents is 2. The first kappa shape index (κ1) is 18.4. The Labute approximate surface area is 162 Å². The Bertz CT molecular complexity index is 921. The summed E-state index contributed by atoms with van der Waals surface area (Å²) < 4.78 is 2.06. The summed E-state index contributed by atoms with van der Waals surface area (Å²) in [6.45, 7) is 0. The standard InChI is InChI=1S/C6H4Cl.2C6H4NO2.Bi/c7-6-4-2-1-3-5-6;2*8-7(9)6-4-2-1-3-5-6;/h2-5H;2*1-4H;. The van der Waals surface area contributed by atoms with Crippen molar-refractivity contribution < 1.29 is 9.85 Å². The zero-order valence-electron chi connectivity index (χ0n) is 13.3. The monoisotopic (exact) mass is 564 g/mol. The number of hydrogen-bond donors (Lipinski definition) is 0. The SMILES string of the molecule is O=[N+]([O-])c1cccc[c]1[Bi]([c]1ccc(Cl)cc1)[c]1ccccc1[N+](=O)[O-]. The molecule has 0 radical (unpaired) electrons. The van der Waals surface area contributed by atoms with Gasteiger partial charge in [0.1, 0.15) is 0 Å². The molecule has 6 nitrogen and oxygen atoms in total. The summed E-state index contributed by atoms with van der Waals surface area (Å²) in [5, 5.41) is 23.6. The van der Waals surface area contributed by atoms with Crippen LogP contribution in [0, 0.1) is 20.2 Å². The molecule has 8 heteroatoms. The Kier molecular flexibility index (Phi) is 5.59. The number of nitrogens with zero attached hydrogens (tertiary/aromatic N) is 2. The van der Waals surface area contributed by atoms with Gasteiger partial charge in [0.05, 0.1) is 0 Å². The second-order valence-corrected chi connectivity index (χ2v) is 14.1. The summed E-state index contributed by atoms with van der Waals surface area (Å²) in [6, 6.07) is 20.0. The molecule has 3 aromatic rings. The minimum absolute atomic E-state index is 0.00150. The van der Waals surface area contributed by atoms with Crippen LogP contribution < -0.4 is 9.81 Å². The molecule has 0 atom stereocenters. The zero-order chi connectivity index (χ0) is 18.7. The number of nitro groups is 2. The van der Waals surface area contributed by atoms with Gasteiger partial charge in [-0.2, -0.15) is 0 Å². The molecular weight excluding hydrogens is 553 g/mol. The van der Waals surface area contributed by atoms with Crippen LogP contribution in [-0.2, 0) is 0 Å². The summed E-state index contributed by atoms with van der Waals surface area (Å²) in [5.41, 5.74) is -0.00300. The fourth-order valence-electron chi connectivity index (χ4n) is 2.61. The van der Waals surface area contributed by atoms with Crippen molar-refractivity contribution in [3.63, 3.8) is 0 Å². The van der Waals surface area contributed by atoms with Crippen molar-refractivity contribution in [1.29, 1.82) is 0 Å². The van der Waals surface area contributed by atoms with E-state index in [0.29, 0.717) is 11.6 Å². The van der Waals surface area contributed by atoms with Crippen LogP contribution in [0.25, 0.3) is 0 Å². The summed E-state index contributed by atoms with van der Waals surface area (Å²) in [6.07, 6.45) is 0. The molecule has 130 valence electrons. The van der Waals surface area contributed by atoms with Crippen molar-refractivity contribution in [1.82, 2.24) is 0 Å². The van der Waals surface area contributed by atoms with E-state index in [1.54, 1.807) is 48.5 Å². The molecule has 0 N–H and O–H groups in total. The van der Waals surface area contributed by atoms with Gasteiger partial charge in [-0.3, -0.25) is 0 Å². The quantitative estimate of drug-likeness (QED) is 0.271. The van der Waals surface area contributed by atoms with Crippen molar-refractivity contribution in [2.75, 3.05) is 0 Å². The number of halogens is 1. The third-order valence-corrected chi connectivity index (χ3v) is 13.8. The molecule has 0 fully saturated rings. The van der Waals surface area contributed by atoms with Crippen molar-refractivity contribution in [3.8, 4) is 0 Å². The second-order valence-electron chi connectivity index (χ2n) is 5.30. The molecule has 0 saturated heterocycles. The van der Waals surface area contributed by atoms with Gasteiger partial charge in [0.25, 0.3) is 0 Å². The molecule has 3 aromatic carbocycles. The first-order valence-electron chi connectivity index (χ1n) is 7.51. The second kappa shape index (κ2) is 7.89. The summed E-state index contributed by atoms with van der Waals surface area (Å²) in [7, 11) is 0. The van der Waals surface area contributed by atoms with E-state index in [1.165, 1.54) is 12.1 Å². The van der Waals surface area contributed by atoms with Crippen LogP contribution in [-0.4, -0.2) is 31.6 Å². The Morgan fingerprint density at radius 2 is 1.12 bits per heavy atom. The van der Waals surface area contributed by atoms with E-state index in [4.69, 9.17) is 11.6 Å². The molecule has 0 amide bonds. The normalized spacial score (nSPS) is 10.7. The summed E-state index contributed by atoms with van der Waals surface area (Å²) in [4.78, 5) is 22.2. The first-order chi connectivity index (χ1) is 12.5. The number of rotatable bonds is 5. The molecule has 0 aliphatic rings. The molecule has 3 rings (SSSR count). The maximum absolute atomic E-state index is 11.5. The van der Waals surface area contributed by atoms with Crippen molar-refractivity contribution >= 4 is 54.5 Å². The predicted octanol–water partition coefficient (Wildman–Crippen LogP) is 2.67. The Morgan fingerprint density at radius 3 is 1.54 bits per heavy atom. The zero-order valence-corrected chi connectivity index (χ0v) is 17.5. The molecule has 0 saturated carbocycles. The fraction of sp³-hybridized carbons (Fsp3) is 0. The molecule has 0 heterocycles. The van der Waals surface area contributed by atoms with E-state index in [0.717, 1.165) is 3.27 Å². The predicted molar refractivity (Wildman–Crippen MR) is 102 cm³/mol. The molecule has 0 spiro atoms. The summed E-state index contributed by atoms with van der Waals surface area (Å²) >= 11 is 2.68. The molecule has 0 bridgehead atoms. The van der Waals surface area contributed by atoms with Crippen LogP contribution in [0.2, 0.25) is 5.02 Å². The van der Waals surface area contributed by atoms with E-state index in [2.05, 4.69) is 0 Å². The van der Waals surface area contributed by atoms with Gasteiger partial charge in [-0.15, -0.1) is 0 Å². The van der Waals surface area contributed by atoms with Gasteiger partial charge in [-0.05, 0) is 0 Å². The van der Waals surface area contributed by atoms with Gasteiger partial charge in [0.2, 0.25) is 0 Å².